The van der Waals surface area contributed by atoms with Crippen molar-refractivity contribution in [3.8, 4) is 5.75 Å². The molecular weight excluding hydrogens is 250 g/mol. The Morgan fingerprint density at radius 1 is 1.15 bits per heavy atom. The quantitative estimate of drug-likeness (QED) is 0.792. The van der Waals surface area contributed by atoms with Crippen molar-refractivity contribution >= 4 is 17.0 Å². The second-order valence-electron chi connectivity index (χ2n) is 4.78. The minimum Gasteiger partial charge on any atom is -0.497 e. The molecule has 0 saturated carbocycles. The van der Waals surface area contributed by atoms with E-state index in [9.17, 15) is 0 Å². The molecule has 2 N–H and O–H groups in total. The Morgan fingerprint density at radius 3 is 2.60 bits per heavy atom. The van der Waals surface area contributed by atoms with Crippen LogP contribution in [0.25, 0.3) is 11.0 Å². The molecule has 4 heteroatoms. The minimum absolute atomic E-state index is 0.119. The van der Waals surface area contributed by atoms with Gasteiger partial charge >= 0.3 is 0 Å². The largest absolute Gasteiger partial charge is 0.497 e. The van der Waals surface area contributed by atoms with Crippen LogP contribution in [0.4, 0.5) is 5.95 Å². The topological polar surface area (TPSA) is 53.1 Å². The standard InChI is InChI=1S/C16H17N3O/c1-11(12-6-4-3-5-7-12)19-15-10-13(20-2)8-9-14(15)18-16(19)17/h3-11H,1-2H3,(H2,17,18). The van der Waals surface area contributed by atoms with E-state index in [-0.39, 0.29) is 6.04 Å². The molecule has 1 atom stereocenters. The van der Waals surface area contributed by atoms with Crippen LogP contribution in [-0.2, 0) is 0 Å². The van der Waals surface area contributed by atoms with Gasteiger partial charge in [-0.05, 0) is 24.6 Å². The number of aromatic nitrogens is 2. The summed E-state index contributed by atoms with van der Waals surface area (Å²) >= 11 is 0. The Bertz CT molecular complexity index is 734. The normalized spacial score (nSPS) is 12.5. The van der Waals surface area contributed by atoms with Crippen molar-refractivity contribution in [2.45, 2.75) is 13.0 Å². The third-order valence-corrected chi connectivity index (χ3v) is 3.59. The Labute approximate surface area is 117 Å². The second kappa shape index (κ2) is 4.89. The van der Waals surface area contributed by atoms with E-state index in [1.54, 1.807) is 7.11 Å². The van der Waals surface area contributed by atoms with Crippen molar-refractivity contribution in [2.24, 2.45) is 0 Å². The van der Waals surface area contributed by atoms with Crippen LogP contribution in [-0.4, -0.2) is 16.7 Å². The van der Waals surface area contributed by atoms with Gasteiger partial charge in [-0.25, -0.2) is 4.98 Å². The summed E-state index contributed by atoms with van der Waals surface area (Å²) in [5.41, 5.74) is 9.15. The van der Waals surface area contributed by atoms with Crippen molar-refractivity contribution in [3.05, 3.63) is 54.1 Å². The fourth-order valence-corrected chi connectivity index (χ4v) is 2.51. The summed E-state index contributed by atoms with van der Waals surface area (Å²) in [6.07, 6.45) is 0. The Kier molecular flexibility index (Phi) is 3.06. The van der Waals surface area contributed by atoms with Gasteiger partial charge in [-0.1, -0.05) is 30.3 Å². The highest BCUT2D eigenvalue weighted by Crippen LogP contribution is 2.29. The summed E-state index contributed by atoms with van der Waals surface area (Å²) in [6, 6.07) is 16.2. The molecule has 3 aromatic rings. The zero-order chi connectivity index (χ0) is 14.1. The number of benzene rings is 2. The average molecular weight is 267 g/mol. The van der Waals surface area contributed by atoms with Gasteiger partial charge in [0.2, 0.25) is 5.95 Å². The third-order valence-electron chi connectivity index (χ3n) is 3.59. The molecule has 4 nitrogen and oxygen atoms in total. The van der Waals surface area contributed by atoms with Crippen LogP contribution in [0.15, 0.2) is 48.5 Å². The lowest BCUT2D eigenvalue weighted by atomic mass is 10.1. The number of nitrogens with two attached hydrogens (primary N) is 1. The molecule has 0 aliphatic heterocycles. The zero-order valence-corrected chi connectivity index (χ0v) is 11.6. The molecule has 1 unspecified atom stereocenters. The lowest BCUT2D eigenvalue weighted by molar-refractivity contribution is 0.415. The van der Waals surface area contributed by atoms with Gasteiger partial charge in [-0.15, -0.1) is 0 Å². The van der Waals surface area contributed by atoms with E-state index in [1.165, 1.54) is 5.56 Å². The summed E-state index contributed by atoms with van der Waals surface area (Å²) in [7, 11) is 1.66. The fourth-order valence-electron chi connectivity index (χ4n) is 2.51. The lowest BCUT2D eigenvalue weighted by Gasteiger charge is -2.16. The maximum absolute atomic E-state index is 6.09. The van der Waals surface area contributed by atoms with Gasteiger partial charge < -0.3 is 15.0 Å². The summed E-state index contributed by atoms with van der Waals surface area (Å²) in [6.45, 7) is 2.12. The van der Waals surface area contributed by atoms with Crippen molar-refractivity contribution in [3.63, 3.8) is 0 Å². The molecule has 0 spiro atoms. The molecule has 1 aromatic heterocycles. The third kappa shape index (κ3) is 1.99. The van der Waals surface area contributed by atoms with Crippen LogP contribution < -0.4 is 10.5 Å². The summed E-state index contributed by atoms with van der Waals surface area (Å²) in [5, 5.41) is 0. The molecule has 2 aromatic carbocycles. The first-order valence-corrected chi connectivity index (χ1v) is 6.57. The maximum atomic E-state index is 6.09. The predicted molar refractivity (Wildman–Crippen MR) is 81.0 cm³/mol. The molecule has 0 radical (unpaired) electrons. The molecule has 0 aliphatic rings. The number of anilines is 1. The van der Waals surface area contributed by atoms with Crippen LogP contribution in [0.3, 0.4) is 0 Å². The minimum atomic E-state index is 0.119. The molecule has 1 heterocycles. The van der Waals surface area contributed by atoms with E-state index in [2.05, 4.69) is 24.0 Å². The van der Waals surface area contributed by atoms with E-state index < -0.39 is 0 Å². The average Bonchev–Trinajstić information content (AvgIpc) is 2.82. The van der Waals surface area contributed by atoms with Gasteiger partial charge in [-0.2, -0.15) is 0 Å². The number of hydrogen-bond donors (Lipinski definition) is 1. The van der Waals surface area contributed by atoms with Crippen LogP contribution in [0.5, 0.6) is 5.75 Å². The summed E-state index contributed by atoms with van der Waals surface area (Å²) in [5.74, 6) is 1.32. The number of fused-ring (bicyclic) bond motifs is 1. The first-order valence-electron chi connectivity index (χ1n) is 6.57. The zero-order valence-electron chi connectivity index (χ0n) is 11.6. The van der Waals surface area contributed by atoms with Gasteiger partial charge in [-0.3, -0.25) is 0 Å². The van der Waals surface area contributed by atoms with Gasteiger partial charge in [0.25, 0.3) is 0 Å². The number of ether oxygens (including phenoxy) is 1. The fraction of sp³-hybridized carbons (Fsp3) is 0.188. The van der Waals surface area contributed by atoms with Gasteiger partial charge in [0, 0.05) is 6.07 Å². The number of rotatable bonds is 3. The Hall–Kier alpha value is -2.49. The number of methoxy groups -OCH3 is 1. The monoisotopic (exact) mass is 267 g/mol. The highest BCUT2D eigenvalue weighted by molar-refractivity contribution is 5.80. The smallest absolute Gasteiger partial charge is 0.201 e. The van der Waals surface area contributed by atoms with E-state index >= 15 is 0 Å². The molecule has 0 fully saturated rings. The maximum Gasteiger partial charge on any atom is 0.201 e. The van der Waals surface area contributed by atoms with E-state index in [1.807, 2.05) is 41.0 Å². The van der Waals surface area contributed by atoms with E-state index in [4.69, 9.17) is 10.5 Å². The van der Waals surface area contributed by atoms with Gasteiger partial charge in [0.1, 0.15) is 5.75 Å². The molecule has 20 heavy (non-hydrogen) atoms. The molecule has 0 saturated heterocycles. The highest BCUT2D eigenvalue weighted by atomic mass is 16.5. The molecule has 3 rings (SSSR count). The van der Waals surface area contributed by atoms with Crippen LogP contribution in [0, 0.1) is 0 Å². The summed E-state index contributed by atoms with van der Waals surface area (Å²) in [4.78, 5) is 4.42. The van der Waals surface area contributed by atoms with Crippen LogP contribution >= 0.6 is 0 Å². The molecule has 102 valence electrons. The van der Waals surface area contributed by atoms with Crippen molar-refractivity contribution in [2.75, 3.05) is 12.8 Å². The number of hydrogen-bond acceptors (Lipinski definition) is 3. The number of nitrogen functional groups attached to an aromatic ring is 1. The lowest BCUT2D eigenvalue weighted by Crippen LogP contribution is -2.10. The number of nitrogens with zero attached hydrogens (tertiary/aromatic N) is 2. The van der Waals surface area contributed by atoms with Gasteiger partial charge in [0.05, 0.1) is 24.2 Å². The van der Waals surface area contributed by atoms with Crippen LogP contribution in [0.1, 0.15) is 18.5 Å². The molecule has 0 aliphatic carbocycles. The first-order chi connectivity index (χ1) is 9.70. The molecule has 0 bridgehead atoms. The van der Waals surface area contributed by atoms with Crippen molar-refractivity contribution in [1.29, 1.82) is 0 Å². The van der Waals surface area contributed by atoms with Gasteiger partial charge in [0.15, 0.2) is 0 Å². The SMILES string of the molecule is COc1ccc2nc(N)n(C(C)c3ccccc3)c2c1. The Balaban J connectivity index is 2.17. The first kappa shape index (κ1) is 12.5. The van der Waals surface area contributed by atoms with E-state index in [0.29, 0.717) is 5.95 Å². The van der Waals surface area contributed by atoms with Crippen molar-refractivity contribution < 1.29 is 4.74 Å². The second-order valence-corrected chi connectivity index (χ2v) is 4.78. The predicted octanol–water partition coefficient (Wildman–Crippen LogP) is 3.24. The number of imidazole rings is 1. The van der Waals surface area contributed by atoms with Crippen molar-refractivity contribution in [1.82, 2.24) is 9.55 Å². The highest BCUT2D eigenvalue weighted by Gasteiger charge is 2.15. The molecule has 0 amide bonds. The van der Waals surface area contributed by atoms with Crippen LogP contribution in [0.2, 0.25) is 0 Å². The molecular formula is C16H17N3O. The summed E-state index contributed by atoms with van der Waals surface area (Å²) < 4.78 is 7.32. The van der Waals surface area contributed by atoms with E-state index in [0.717, 1.165) is 16.8 Å². The Morgan fingerprint density at radius 2 is 1.90 bits per heavy atom.